The summed E-state index contributed by atoms with van der Waals surface area (Å²) in [6.45, 7) is 5.35. The summed E-state index contributed by atoms with van der Waals surface area (Å²) in [7, 11) is 1.83. The van der Waals surface area contributed by atoms with Gasteiger partial charge in [0.1, 0.15) is 0 Å². The van der Waals surface area contributed by atoms with Gasteiger partial charge in [-0.3, -0.25) is 5.01 Å². The lowest BCUT2D eigenvalue weighted by Crippen LogP contribution is -1.98. The van der Waals surface area contributed by atoms with Crippen LogP contribution < -0.4 is 0 Å². The van der Waals surface area contributed by atoms with Gasteiger partial charge in [0.05, 0.1) is 0 Å². The van der Waals surface area contributed by atoms with Crippen LogP contribution in [-0.4, -0.2) is 18.3 Å². The van der Waals surface area contributed by atoms with Crippen LogP contribution in [0.5, 0.6) is 0 Å². The number of hydrogen-bond acceptors (Lipinski definition) is 2. The van der Waals surface area contributed by atoms with Gasteiger partial charge in [-0.2, -0.15) is 5.10 Å². The average Bonchev–Trinajstić information content (AvgIpc) is 1.68. The Hall–Kier alpha value is -0.790. The summed E-state index contributed by atoms with van der Waals surface area (Å²) in [4.78, 5) is 0. The standard InChI is InChI=1S/C5H10N2/c1-4-6-7(3)5-2/h4-5H,2H2,1,3H3/b6-4-. The molecule has 0 aliphatic heterocycles. The molecule has 0 fully saturated rings. The topological polar surface area (TPSA) is 15.6 Å². The first kappa shape index (κ1) is 6.21. The molecule has 0 heterocycles. The molecule has 0 aromatic carbocycles. The molecule has 0 saturated heterocycles. The maximum atomic E-state index is 3.83. The van der Waals surface area contributed by atoms with E-state index in [9.17, 15) is 0 Å². The van der Waals surface area contributed by atoms with Crippen molar-refractivity contribution < 1.29 is 0 Å². The molecular weight excluding hydrogens is 88.1 g/mol. The summed E-state index contributed by atoms with van der Waals surface area (Å²) in [6.07, 6.45) is 3.35. The fourth-order valence-corrected chi connectivity index (χ4v) is 0.229. The van der Waals surface area contributed by atoms with E-state index in [4.69, 9.17) is 0 Å². The third-order valence-corrected chi connectivity index (χ3v) is 0.562. The fourth-order valence-electron chi connectivity index (χ4n) is 0.229. The molecule has 0 N–H and O–H groups in total. The van der Waals surface area contributed by atoms with Crippen molar-refractivity contribution in [2.24, 2.45) is 5.10 Å². The van der Waals surface area contributed by atoms with Crippen LogP contribution in [0.15, 0.2) is 17.9 Å². The highest BCUT2D eigenvalue weighted by Crippen LogP contribution is 1.77. The summed E-state index contributed by atoms with van der Waals surface area (Å²) in [5, 5.41) is 5.47. The van der Waals surface area contributed by atoms with E-state index < -0.39 is 0 Å². The van der Waals surface area contributed by atoms with E-state index in [1.165, 1.54) is 0 Å². The van der Waals surface area contributed by atoms with E-state index in [0.717, 1.165) is 0 Å². The lowest BCUT2D eigenvalue weighted by Gasteiger charge is -2.01. The molecule has 0 bridgehead atoms. The maximum absolute atomic E-state index is 3.83. The molecule has 2 heteroatoms. The first-order chi connectivity index (χ1) is 3.31. The number of hydrazone groups is 1. The van der Waals surface area contributed by atoms with Crippen LogP contribution in [0, 0.1) is 0 Å². The van der Waals surface area contributed by atoms with Crippen LogP contribution in [0.3, 0.4) is 0 Å². The highest BCUT2D eigenvalue weighted by Gasteiger charge is 1.72. The smallest absolute Gasteiger partial charge is 0.0296 e. The van der Waals surface area contributed by atoms with Crippen LogP contribution in [-0.2, 0) is 0 Å². The zero-order chi connectivity index (χ0) is 5.70. The van der Waals surface area contributed by atoms with Gasteiger partial charge in [0.2, 0.25) is 0 Å². The second kappa shape index (κ2) is 3.40. The van der Waals surface area contributed by atoms with E-state index >= 15 is 0 Å². The van der Waals surface area contributed by atoms with Gasteiger partial charge in [0.25, 0.3) is 0 Å². The predicted octanol–water partition coefficient (Wildman–Crippen LogP) is 1.07. The summed E-state index contributed by atoms with van der Waals surface area (Å²) >= 11 is 0. The molecule has 0 aliphatic rings. The first-order valence-corrected chi connectivity index (χ1v) is 2.15. The van der Waals surface area contributed by atoms with Crippen molar-refractivity contribution in [3.63, 3.8) is 0 Å². The average molecular weight is 98.1 g/mol. The van der Waals surface area contributed by atoms with Gasteiger partial charge >= 0.3 is 0 Å². The molecule has 0 atom stereocenters. The quantitative estimate of drug-likeness (QED) is 0.372. The van der Waals surface area contributed by atoms with Gasteiger partial charge in [0.15, 0.2) is 0 Å². The molecule has 2 nitrogen and oxygen atoms in total. The fraction of sp³-hybridized carbons (Fsp3) is 0.400. The summed E-state index contributed by atoms with van der Waals surface area (Å²) in [5.74, 6) is 0. The van der Waals surface area contributed by atoms with Crippen molar-refractivity contribution in [3.05, 3.63) is 12.8 Å². The van der Waals surface area contributed by atoms with E-state index in [1.807, 2.05) is 14.0 Å². The van der Waals surface area contributed by atoms with Crippen molar-refractivity contribution in [2.45, 2.75) is 6.92 Å². The summed E-state index contributed by atoms with van der Waals surface area (Å²) in [6, 6.07) is 0. The third kappa shape index (κ3) is 3.03. The Kier molecular flexibility index (Phi) is 3.02. The molecule has 40 valence electrons. The van der Waals surface area contributed by atoms with Gasteiger partial charge in [-0.25, -0.2) is 0 Å². The molecule has 0 aromatic rings. The Labute approximate surface area is 44.1 Å². The molecule has 0 saturated carbocycles. The molecule has 0 spiro atoms. The van der Waals surface area contributed by atoms with Crippen molar-refractivity contribution in [1.82, 2.24) is 5.01 Å². The van der Waals surface area contributed by atoms with Crippen LogP contribution in [0.25, 0.3) is 0 Å². The number of hydrogen-bond donors (Lipinski definition) is 0. The second-order valence-electron chi connectivity index (χ2n) is 1.13. The van der Waals surface area contributed by atoms with E-state index in [0.29, 0.717) is 0 Å². The SMILES string of the molecule is C=CN(C)/N=C\C. The Bertz CT molecular complexity index is 76.1. The van der Waals surface area contributed by atoms with Crippen molar-refractivity contribution in [3.8, 4) is 0 Å². The first-order valence-electron chi connectivity index (χ1n) is 2.15. The zero-order valence-corrected chi connectivity index (χ0v) is 4.76. The van der Waals surface area contributed by atoms with Crippen molar-refractivity contribution in [1.29, 1.82) is 0 Å². The van der Waals surface area contributed by atoms with E-state index in [2.05, 4.69) is 11.7 Å². The minimum Gasteiger partial charge on any atom is -0.277 e. The molecule has 7 heavy (non-hydrogen) atoms. The van der Waals surface area contributed by atoms with Crippen LogP contribution >= 0.6 is 0 Å². The second-order valence-corrected chi connectivity index (χ2v) is 1.13. The lowest BCUT2D eigenvalue weighted by atomic mass is 10.9. The monoisotopic (exact) mass is 98.1 g/mol. The van der Waals surface area contributed by atoms with E-state index in [1.54, 1.807) is 17.4 Å². The Morgan fingerprint density at radius 3 is 2.43 bits per heavy atom. The zero-order valence-electron chi connectivity index (χ0n) is 4.76. The number of rotatable bonds is 2. The Morgan fingerprint density at radius 2 is 2.29 bits per heavy atom. The minimum absolute atomic E-state index is 1.64. The van der Waals surface area contributed by atoms with Crippen molar-refractivity contribution >= 4 is 6.21 Å². The molecular formula is C5H10N2. The van der Waals surface area contributed by atoms with Gasteiger partial charge in [-0.05, 0) is 6.92 Å². The predicted molar refractivity (Wildman–Crippen MR) is 32.1 cm³/mol. The van der Waals surface area contributed by atoms with E-state index in [-0.39, 0.29) is 0 Å². The van der Waals surface area contributed by atoms with Crippen molar-refractivity contribution in [2.75, 3.05) is 7.05 Å². The highest BCUT2D eigenvalue weighted by molar-refractivity contribution is 5.52. The molecule has 0 aromatic heterocycles. The van der Waals surface area contributed by atoms with Gasteiger partial charge < -0.3 is 0 Å². The Balaban J connectivity index is 3.35. The maximum Gasteiger partial charge on any atom is 0.0296 e. The molecule has 0 unspecified atom stereocenters. The lowest BCUT2D eigenvalue weighted by molar-refractivity contribution is 0.494. The van der Waals surface area contributed by atoms with Crippen LogP contribution in [0.4, 0.5) is 0 Å². The minimum atomic E-state index is 1.64. The summed E-state index contributed by atoms with van der Waals surface area (Å²) < 4.78 is 0. The van der Waals surface area contributed by atoms with Crippen LogP contribution in [0.1, 0.15) is 6.92 Å². The normalized spacial score (nSPS) is 9.43. The largest absolute Gasteiger partial charge is 0.277 e. The van der Waals surface area contributed by atoms with Gasteiger partial charge in [-0.15, -0.1) is 0 Å². The third-order valence-electron chi connectivity index (χ3n) is 0.562. The van der Waals surface area contributed by atoms with Gasteiger partial charge in [-0.1, -0.05) is 6.58 Å². The molecule has 0 radical (unpaired) electrons. The number of nitrogens with zero attached hydrogens (tertiary/aromatic N) is 2. The summed E-state index contributed by atoms with van der Waals surface area (Å²) in [5.41, 5.74) is 0. The van der Waals surface area contributed by atoms with Crippen LogP contribution in [0.2, 0.25) is 0 Å². The molecule has 0 aliphatic carbocycles. The molecule has 0 amide bonds. The molecule has 0 rings (SSSR count). The Morgan fingerprint density at radius 1 is 1.71 bits per heavy atom. The highest BCUT2D eigenvalue weighted by atomic mass is 15.4. The van der Waals surface area contributed by atoms with Gasteiger partial charge in [0, 0.05) is 19.5 Å².